The van der Waals surface area contributed by atoms with Crippen molar-refractivity contribution in [2.24, 2.45) is 10.3 Å². The first-order chi connectivity index (χ1) is 30.2. The highest BCUT2D eigenvalue weighted by Crippen LogP contribution is 2.34. The average molecular weight is 906 g/mol. The molecule has 356 valence electrons. The first-order valence-corrected chi connectivity index (χ1v) is 21.0. The fourth-order valence-corrected chi connectivity index (χ4v) is 6.44. The molecule has 7 atom stereocenters. The monoisotopic (exact) mass is 905 g/mol. The van der Waals surface area contributed by atoms with Crippen LogP contribution >= 0.6 is 0 Å². The van der Waals surface area contributed by atoms with E-state index in [0.29, 0.717) is 84.3 Å². The quantitative estimate of drug-likeness (QED) is 0.0323. The van der Waals surface area contributed by atoms with Crippen molar-refractivity contribution in [2.45, 2.75) is 101 Å². The third-order valence-electron chi connectivity index (χ3n) is 9.80. The number of aliphatic hydroxyl groups is 4. The van der Waals surface area contributed by atoms with Gasteiger partial charge in [-0.2, -0.15) is 0 Å². The molecule has 1 fully saturated rings. The third kappa shape index (κ3) is 20.0. The molecular weight excluding hydrogens is 842 g/mol. The van der Waals surface area contributed by atoms with Crippen molar-refractivity contribution >= 4 is 29.9 Å². The van der Waals surface area contributed by atoms with E-state index < -0.39 is 80.0 Å². The summed E-state index contributed by atoms with van der Waals surface area (Å²) in [6, 6.07) is 3.45. The van der Waals surface area contributed by atoms with Crippen LogP contribution in [0.15, 0.2) is 34.6 Å². The minimum absolute atomic E-state index is 0.0975. The summed E-state index contributed by atoms with van der Waals surface area (Å²) >= 11 is 0. The summed E-state index contributed by atoms with van der Waals surface area (Å²) in [4.78, 5) is 47.9. The normalized spacial score (nSPS) is 21.8. The van der Waals surface area contributed by atoms with Crippen LogP contribution < -0.4 is 16.0 Å². The van der Waals surface area contributed by atoms with Gasteiger partial charge in [-0.05, 0) is 18.4 Å². The van der Waals surface area contributed by atoms with Crippen LogP contribution in [0.3, 0.4) is 0 Å². The van der Waals surface area contributed by atoms with Gasteiger partial charge in [0.1, 0.15) is 36.8 Å². The second kappa shape index (κ2) is 29.3. The Morgan fingerprint density at radius 1 is 0.889 bits per heavy atom. The van der Waals surface area contributed by atoms with E-state index in [9.17, 15) is 53.5 Å². The van der Waals surface area contributed by atoms with E-state index >= 15 is 0 Å². The molecule has 3 rings (SSSR count). The maximum Gasteiger partial charge on any atom is 0.364 e. The first kappa shape index (κ1) is 53.2. The fourth-order valence-electron chi connectivity index (χ4n) is 6.44. The van der Waals surface area contributed by atoms with Crippen LogP contribution in [0.2, 0.25) is 0 Å². The molecular formula is C40H63F2N6O15+. The maximum atomic E-state index is 12.9. The number of nitrogens with zero attached hydrogens (tertiary/aromatic N) is 3. The molecule has 8 N–H and O–H groups in total. The molecule has 0 aromatic heterocycles. The molecule has 2 aliphatic rings. The molecule has 1 aromatic rings. The van der Waals surface area contributed by atoms with Gasteiger partial charge in [0, 0.05) is 43.5 Å². The number of aliphatic carboxylic acids is 1. The molecule has 1 aromatic carbocycles. The second-order valence-corrected chi connectivity index (χ2v) is 14.8. The van der Waals surface area contributed by atoms with Gasteiger partial charge in [-0.25, -0.2) is 13.6 Å². The first-order valence-electron chi connectivity index (χ1n) is 21.0. The molecule has 0 bridgehead atoms. The molecule has 63 heavy (non-hydrogen) atoms. The zero-order valence-corrected chi connectivity index (χ0v) is 35.5. The Morgan fingerprint density at radius 2 is 1.52 bits per heavy atom. The van der Waals surface area contributed by atoms with Crippen molar-refractivity contribution in [3.63, 3.8) is 0 Å². The number of rotatable bonds is 33. The summed E-state index contributed by atoms with van der Waals surface area (Å²) in [5, 5.41) is 68.1. The highest BCUT2D eigenvalue weighted by molar-refractivity contribution is 5.79. The molecule has 0 radical (unpaired) electrons. The lowest BCUT2D eigenvalue weighted by Gasteiger charge is -2.46. The minimum atomic E-state index is -2.68. The molecule has 0 spiro atoms. The Labute approximate surface area is 364 Å². The van der Waals surface area contributed by atoms with Gasteiger partial charge >= 0.3 is 5.97 Å². The zero-order valence-electron chi connectivity index (χ0n) is 35.5. The van der Waals surface area contributed by atoms with Crippen molar-refractivity contribution in [3.8, 4) is 0 Å². The van der Waals surface area contributed by atoms with Gasteiger partial charge in [-0.1, -0.05) is 37.1 Å². The van der Waals surface area contributed by atoms with Crippen LogP contribution in [0.1, 0.15) is 63.0 Å². The number of carboxylic acid groups (broad SMARTS) is 1. The van der Waals surface area contributed by atoms with Gasteiger partial charge in [0.2, 0.25) is 23.8 Å². The number of nitrogens with one attached hydrogen (secondary N) is 3. The number of alkyl halides is 2. The summed E-state index contributed by atoms with van der Waals surface area (Å²) in [6.07, 6.45) is -5.63. The van der Waals surface area contributed by atoms with E-state index in [1.165, 1.54) is 31.2 Å². The summed E-state index contributed by atoms with van der Waals surface area (Å²) < 4.78 is 60.7. The van der Waals surface area contributed by atoms with Crippen LogP contribution in [0.5, 0.6) is 0 Å². The van der Waals surface area contributed by atoms with Crippen LogP contribution in [0, 0.1) is 0 Å². The Balaban J connectivity index is 1.34. The number of aliphatic hydroxyl groups excluding tert-OH is 4. The molecule has 3 amide bonds. The Bertz CT molecular complexity index is 1600. The summed E-state index contributed by atoms with van der Waals surface area (Å²) in [7, 11) is 0. The number of unbranched alkanes of at least 4 members (excludes halogenated alkanes) is 3. The van der Waals surface area contributed by atoms with Crippen molar-refractivity contribution in [1.29, 1.82) is 0 Å². The van der Waals surface area contributed by atoms with Crippen LogP contribution in [-0.2, 0) is 54.0 Å². The van der Waals surface area contributed by atoms with E-state index in [-0.39, 0.29) is 30.5 Å². The number of ether oxygens (including phenoxy) is 6. The number of amides is 3. The number of hydrogen-bond acceptors (Lipinski definition) is 16. The van der Waals surface area contributed by atoms with E-state index in [1.54, 1.807) is 4.68 Å². The van der Waals surface area contributed by atoms with E-state index in [1.807, 2.05) is 6.21 Å². The molecule has 21 nitrogen and oxygen atoms in total. The summed E-state index contributed by atoms with van der Waals surface area (Å²) in [5.74, 6) is -5.82. The SMILES string of the molecule is CC(=O)NCCOCCOCCOCCOCC[N+]1=CC(CCCCCCO[C@]2(C(=O)O)C[C@H](O)[C@@H](NC(=O)CO)[C@H]([C@H](O)[C@H](O)CNC(=O)Cc3ccc(C(F)F)cc3)O2)N=N1. The van der Waals surface area contributed by atoms with Crippen LogP contribution in [0.25, 0.3) is 0 Å². The summed E-state index contributed by atoms with van der Waals surface area (Å²) in [6.45, 7) is 4.14. The summed E-state index contributed by atoms with van der Waals surface area (Å²) in [5.41, 5.74) is 0.182. The van der Waals surface area contributed by atoms with E-state index in [2.05, 4.69) is 26.3 Å². The topological polar surface area (TPSA) is 289 Å². The van der Waals surface area contributed by atoms with Gasteiger partial charge in [-0.3, -0.25) is 14.4 Å². The predicted octanol–water partition coefficient (Wildman–Crippen LogP) is -0.585. The highest BCUT2D eigenvalue weighted by Gasteiger charge is 2.55. The van der Waals surface area contributed by atoms with Gasteiger partial charge in [0.25, 0.3) is 12.2 Å². The van der Waals surface area contributed by atoms with Crippen molar-refractivity contribution < 1.29 is 86.6 Å². The number of benzene rings is 1. The van der Waals surface area contributed by atoms with Crippen molar-refractivity contribution in [3.05, 3.63) is 35.4 Å². The maximum absolute atomic E-state index is 12.9. The fraction of sp³-hybridized carbons (Fsp3) is 0.725. The number of carboxylic acids is 1. The van der Waals surface area contributed by atoms with E-state index in [4.69, 9.17) is 28.4 Å². The molecule has 1 saturated heterocycles. The van der Waals surface area contributed by atoms with Gasteiger partial charge in [-0.15, -0.1) is 4.68 Å². The molecule has 2 heterocycles. The Hall–Kier alpha value is -4.17. The molecule has 0 aliphatic carbocycles. The predicted molar refractivity (Wildman–Crippen MR) is 216 cm³/mol. The minimum Gasteiger partial charge on any atom is -0.477 e. The molecule has 0 saturated carbocycles. The van der Waals surface area contributed by atoms with Gasteiger partial charge in [0.05, 0.1) is 84.1 Å². The Morgan fingerprint density at radius 3 is 2.14 bits per heavy atom. The third-order valence-corrected chi connectivity index (χ3v) is 9.80. The van der Waals surface area contributed by atoms with Crippen LogP contribution in [0.4, 0.5) is 8.78 Å². The van der Waals surface area contributed by atoms with Crippen molar-refractivity contribution in [1.82, 2.24) is 16.0 Å². The number of hydrogen-bond donors (Lipinski definition) is 8. The highest BCUT2D eigenvalue weighted by atomic mass is 19.3. The largest absolute Gasteiger partial charge is 0.477 e. The average Bonchev–Trinajstić information content (AvgIpc) is 3.71. The van der Waals surface area contributed by atoms with E-state index in [0.717, 1.165) is 19.3 Å². The Kier molecular flexibility index (Phi) is 24.7. The van der Waals surface area contributed by atoms with Gasteiger partial charge in [0.15, 0.2) is 0 Å². The van der Waals surface area contributed by atoms with Gasteiger partial charge < -0.3 is 69.9 Å². The lowest BCUT2D eigenvalue weighted by molar-refractivity contribution is -0.534. The smallest absolute Gasteiger partial charge is 0.364 e. The molecule has 2 aliphatic heterocycles. The molecule has 1 unspecified atom stereocenters. The van der Waals surface area contributed by atoms with Crippen LogP contribution in [-0.4, -0.2) is 188 Å². The number of halogens is 2. The second-order valence-electron chi connectivity index (χ2n) is 14.8. The lowest BCUT2D eigenvalue weighted by Crippen LogP contribution is -2.68. The number of carbonyl (C=O) groups excluding carboxylic acids is 3. The van der Waals surface area contributed by atoms with Crippen molar-refractivity contribution in [2.75, 3.05) is 85.7 Å². The zero-order chi connectivity index (χ0) is 46.0. The molecule has 23 heteroatoms. The lowest BCUT2D eigenvalue weighted by atomic mass is 9.88. The number of carbonyl (C=O) groups is 4. The standard InChI is InChI=1S/C40H62F2N6O15/c1-27(50)43-11-14-58-16-18-60-20-21-61-19-17-59-15-12-48-25-30(46-47-48)6-4-2-3-5-13-62-40(39(56)57)23-31(51)35(45-34(54)26-49)37(63-40)36(55)32(52)24-44-33(53)22-28-7-9-29(10-8-28)38(41)42/h7-10,25,30-32,35-38,49,51-52,55H,2-6,11-24,26H2,1H3,(H3-,43,44,45,50,53,54,56,57)/p+1/t30?,31-,32+,35+,36+,37+,40+/m0/s1.